The van der Waals surface area contributed by atoms with Crippen molar-refractivity contribution < 1.29 is 0 Å². The fraction of sp³-hybridized carbons (Fsp3) is 0.833. The SMILES string of the molecule is CN[C@@H]1CC=C(N2CCN(C)CC2)CC1. The van der Waals surface area contributed by atoms with Crippen LogP contribution in [0.25, 0.3) is 0 Å². The second-order valence-corrected chi connectivity index (χ2v) is 4.75. The summed E-state index contributed by atoms with van der Waals surface area (Å²) < 4.78 is 0. The van der Waals surface area contributed by atoms with Crippen molar-refractivity contribution in [2.24, 2.45) is 0 Å². The molecule has 0 aromatic carbocycles. The van der Waals surface area contributed by atoms with E-state index in [2.05, 4.69) is 35.3 Å². The van der Waals surface area contributed by atoms with Crippen molar-refractivity contribution in [2.75, 3.05) is 40.3 Å². The van der Waals surface area contributed by atoms with E-state index >= 15 is 0 Å². The lowest BCUT2D eigenvalue weighted by atomic mass is 9.98. The zero-order valence-corrected chi connectivity index (χ0v) is 10.00. The van der Waals surface area contributed by atoms with Crippen LogP contribution < -0.4 is 5.32 Å². The monoisotopic (exact) mass is 209 g/mol. The second kappa shape index (κ2) is 4.99. The third-order valence-electron chi connectivity index (χ3n) is 3.70. The highest BCUT2D eigenvalue weighted by molar-refractivity contribution is 5.08. The van der Waals surface area contributed by atoms with Crippen molar-refractivity contribution in [3.63, 3.8) is 0 Å². The average molecular weight is 209 g/mol. The van der Waals surface area contributed by atoms with E-state index in [0.29, 0.717) is 6.04 Å². The van der Waals surface area contributed by atoms with E-state index in [4.69, 9.17) is 0 Å². The number of likely N-dealkylation sites (N-methyl/N-ethyl adjacent to an activating group) is 1. The van der Waals surface area contributed by atoms with Crippen molar-refractivity contribution >= 4 is 0 Å². The largest absolute Gasteiger partial charge is 0.373 e. The van der Waals surface area contributed by atoms with Gasteiger partial charge in [-0.3, -0.25) is 0 Å². The lowest BCUT2D eigenvalue weighted by Crippen LogP contribution is -2.44. The number of piperazine rings is 1. The number of nitrogens with one attached hydrogen (secondary N) is 1. The van der Waals surface area contributed by atoms with Gasteiger partial charge in [-0.1, -0.05) is 6.08 Å². The summed E-state index contributed by atoms with van der Waals surface area (Å²) in [5, 5.41) is 3.36. The molecule has 0 amide bonds. The minimum Gasteiger partial charge on any atom is -0.373 e. The maximum Gasteiger partial charge on any atom is 0.0303 e. The lowest BCUT2D eigenvalue weighted by molar-refractivity contribution is 0.178. The Kier molecular flexibility index (Phi) is 3.65. The number of rotatable bonds is 2. The summed E-state index contributed by atoms with van der Waals surface area (Å²) >= 11 is 0. The summed E-state index contributed by atoms with van der Waals surface area (Å²) in [5.74, 6) is 0. The van der Waals surface area contributed by atoms with E-state index in [1.807, 2.05) is 0 Å². The average Bonchev–Trinajstić information content (AvgIpc) is 2.30. The van der Waals surface area contributed by atoms with Gasteiger partial charge in [0.2, 0.25) is 0 Å². The summed E-state index contributed by atoms with van der Waals surface area (Å²) in [7, 11) is 4.28. The Morgan fingerprint density at radius 3 is 2.53 bits per heavy atom. The van der Waals surface area contributed by atoms with Crippen LogP contribution in [0.3, 0.4) is 0 Å². The second-order valence-electron chi connectivity index (χ2n) is 4.75. The molecule has 1 fully saturated rings. The molecule has 1 heterocycles. The smallest absolute Gasteiger partial charge is 0.0303 e. The molecule has 0 radical (unpaired) electrons. The molecule has 3 heteroatoms. The molecule has 0 spiro atoms. The first kappa shape index (κ1) is 11.0. The molecule has 86 valence electrons. The van der Waals surface area contributed by atoms with Crippen LogP contribution in [-0.2, 0) is 0 Å². The van der Waals surface area contributed by atoms with Gasteiger partial charge in [0.15, 0.2) is 0 Å². The van der Waals surface area contributed by atoms with Crippen molar-refractivity contribution in [3.05, 3.63) is 11.8 Å². The molecule has 0 saturated carbocycles. The van der Waals surface area contributed by atoms with Crippen LogP contribution in [-0.4, -0.2) is 56.1 Å². The Hall–Kier alpha value is -0.540. The van der Waals surface area contributed by atoms with Gasteiger partial charge in [0.25, 0.3) is 0 Å². The van der Waals surface area contributed by atoms with E-state index in [0.717, 1.165) is 0 Å². The Labute approximate surface area is 93.1 Å². The van der Waals surface area contributed by atoms with Gasteiger partial charge in [-0.2, -0.15) is 0 Å². The highest BCUT2D eigenvalue weighted by Gasteiger charge is 2.19. The van der Waals surface area contributed by atoms with E-state index in [1.165, 1.54) is 45.4 Å². The molecule has 15 heavy (non-hydrogen) atoms. The van der Waals surface area contributed by atoms with Crippen LogP contribution in [0, 0.1) is 0 Å². The predicted octanol–water partition coefficient (Wildman–Crippen LogP) is 0.890. The maximum absolute atomic E-state index is 3.36. The van der Waals surface area contributed by atoms with Gasteiger partial charge in [0.05, 0.1) is 0 Å². The molecular formula is C12H23N3. The zero-order valence-electron chi connectivity index (χ0n) is 10.00. The molecule has 1 saturated heterocycles. The molecule has 0 unspecified atom stereocenters. The number of nitrogens with zero attached hydrogens (tertiary/aromatic N) is 2. The fourth-order valence-electron chi connectivity index (χ4n) is 2.46. The number of hydrogen-bond donors (Lipinski definition) is 1. The van der Waals surface area contributed by atoms with E-state index < -0.39 is 0 Å². The minimum atomic E-state index is 0.709. The summed E-state index contributed by atoms with van der Waals surface area (Å²) in [4.78, 5) is 4.99. The molecule has 1 aliphatic carbocycles. The Balaban J connectivity index is 1.86. The standard InChI is InChI=1S/C12H23N3/c1-13-11-3-5-12(6-4-11)15-9-7-14(2)8-10-15/h5,11,13H,3-4,6-10H2,1-2H3/t11-/m1/s1. The Morgan fingerprint density at radius 2 is 2.00 bits per heavy atom. The molecule has 3 nitrogen and oxygen atoms in total. The van der Waals surface area contributed by atoms with Crippen molar-refractivity contribution in [1.82, 2.24) is 15.1 Å². The Bertz CT molecular complexity index is 229. The van der Waals surface area contributed by atoms with Crippen LogP contribution in [0.4, 0.5) is 0 Å². The first-order chi connectivity index (χ1) is 7.29. The molecule has 1 atom stereocenters. The quantitative estimate of drug-likeness (QED) is 0.728. The third kappa shape index (κ3) is 2.73. The summed E-state index contributed by atoms with van der Waals surface area (Å²) in [6.07, 6.45) is 6.21. The summed E-state index contributed by atoms with van der Waals surface area (Å²) in [6, 6.07) is 0.709. The van der Waals surface area contributed by atoms with Gasteiger partial charge in [0, 0.05) is 37.9 Å². The zero-order chi connectivity index (χ0) is 10.7. The van der Waals surface area contributed by atoms with Gasteiger partial charge >= 0.3 is 0 Å². The third-order valence-corrected chi connectivity index (χ3v) is 3.70. The molecule has 2 aliphatic rings. The highest BCUT2D eigenvalue weighted by Crippen LogP contribution is 2.22. The van der Waals surface area contributed by atoms with Gasteiger partial charge < -0.3 is 15.1 Å². The molecule has 1 aliphatic heterocycles. The van der Waals surface area contributed by atoms with Crippen molar-refractivity contribution in [1.29, 1.82) is 0 Å². The number of hydrogen-bond acceptors (Lipinski definition) is 3. The first-order valence-corrected chi connectivity index (χ1v) is 6.09. The van der Waals surface area contributed by atoms with E-state index in [-0.39, 0.29) is 0 Å². The number of allylic oxidation sites excluding steroid dienone is 1. The first-order valence-electron chi connectivity index (χ1n) is 6.09. The predicted molar refractivity (Wildman–Crippen MR) is 63.9 cm³/mol. The van der Waals surface area contributed by atoms with Crippen molar-refractivity contribution in [3.8, 4) is 0 Å². The van der Waals surface area contributed by atoms with Crippen LogP contribution in [0.15, 0.2) is 11.8 Å². The molecule has 1 N–H and O–H groups in total. The normalized spacial score (nSPS) is 29.1. The lowest BCUT2D eigenvalue weighted by Gasteiger charge is -2.37. The van der Waals surface area contributed by atoms with Gasteiger partial charge in [0.1, 0.15) is 0 Å². The topological polar surface area (TPSA) is 18.5 Å². The van der Waals surface area contributed by atoms with E-state index in [1.54, 1.807) is 5.70 Å². The fourth-order valence-corrected chi connectivity index (χ4v) is 2.46. The Morgan fingerprint density at radius 1 is 1.27 bits per heavy atom. The van der Waals surface area contributed by atoms with Gasteiger partial charge in [-0.05, 0) is 33.4 Å². The molecule has 2 rings (SSSR count). The van der Waals surface area contributed by atoms with Crippen molar-refractivity contribution in [2.45, 2.75) is 25.3 Å². The minimum absolute atomic E-state index is 0.709. The van der Waals surface area contributed by atoms with Crippen LogP contribution in [0.5, 0.6) is 0 Å². The molecule has 0 bridgehead atoms. The molecule has 0 aromatic rings. The van der Waals surface area contributed by atoms with Gasteiger partial charge in [-0.15, -0.1) is 0 Å². The maximum atomic E-state index is 3.36. The van der Waals surface area contributed by atoms with Crippen LogP contribution in [0.1, 0.15) is 19.3 Å². The van der Waals surface area contributed by atoms with Crippen LogP contribution >= 0.6 is 0 Å². The molecular weight excluding hydrogens is 186 g/mol. The van der Waals surface area contributed by atoms with Gasteiger partial charge in [-0.25, -0.2) is 0 Å². The van der Waals surface area contributed by atoms with E-state index in [9.17, 15) is 0 Å². The van der Waals surface area contributed by atoms with Crippen LogP contribution in [0.2, 0.25) is 0 Å². The highest BCUT2D eigenvalue weighted by atomic mass is 15.2. The molecule has 0 aromatic heterocycles. The summed E-state index contributed by atoms with van der Waals surface area (Å²) in [6.45, 7) is 4.86. The summed E-state index contributed by atoms with van der Waals surface area (Å²) in [5.41, 5.74) is 1.59.